The lowest BCUT2D eigenvalue weighted by molar-refractivity contribution is -0.0905. The van der Waals surface area contributed by atoms with E-state index in [-0.39, 0.29) is 0 Å². The summed E-state index contributed by atoms with van der Waals surface area (Å²) in [6, 6.07) is 0. The molecule has 0 saturated carbocycles. The van der Waals surface area contributed by atoms with Crippen molar-refractivity contribution < 1.29 is 9.47 Å². The van der Waals surface area contributed by atoms with Crippen molar-refractivity contribution in [2.24, 2.45) is 0 Å². The standard InChI is InChI=1S/C7H13BrO2/c8-3-1-2-7-6-9-4-5-10-7/h7H,1-6H2. The molecule has 0 aromatic rings. The molecule has 0 aliphatic carbocycles. The fraction of sp³-hybridized carbons (Fsp3) is 1.00. The largest absolute Gasteiger partial charge is 0.376 e. The van der Waals surface area contributed by atoms with Gasteiger partial charge in [-0.1, -0.05) is 15.9 Å². The van der Waals surface area contributed by atoms with Gasteiger partial charge < -0.3 is 9.47 Å². The Morgan fingerprint density at radius 3 is 2.90 bits per heavy atom. The molecule has 1 rings (SSSR count). The highest BCUT2D eigenvalue weighted by molar-refractivity contribution is 9.09. The molecule has 1 saturated heterocycles. The number of hydrogen-bond donors (Lipinski definition) is 0. The number of ether oxygens (including phenoxy) is 2. The molecule has 1 fully saturated rings. The van der Waals surface area contributed by atoms with Crippen LogP contribution >= 0.6 is 15.9 Å². The lowest BCUT2D eigenvalue weighted by atomic mass is 10.2. The second-order valence-electron chi connectivity index (χ2n) is 2.40. The highest BCUT2D eigenvalue weighted by Crippen LogP contribution is 2.08. The van der Waals surface area contributed by atoms with Gasteiger partial charge in [0, 0.05) is 5.33 Å². The van der Waals surface area contributed by atoms with Crippen LogP contribution in [0.3, 0.4) is 0 Å². The van der Waals surface area contributed by atoms with Gasteiger partial charge in [-0.05, 0) is 12.8 Å². The lowest BCUT2D eigenvalue weighted by Gasteiger charge is -2.22. The van der Waals surface area contributed by atoms with Gasteiger partial charge in [-0.3, -0.25) is 0 Å². The van der Waals surface area contributed by atoms with Crippen molar-refractivity contribution in [1.29, 1.82) is 0 Å². The van der Waals surface area contributed by atoms with Crippen molar-refractivity contribution in [2.45, 2.75) is 18.9 Å². The van der Waals surface area contributed by atoms with Gasteiger partial charge in [0.2, 0.25) is 0 Å². The summed E-state index contributed by atoms with van der Waals surface area (Å²) >= 11 is 3.38. The molecule has 1 aliphatic heterocycles. The third-order valence-electron chi connectivity index (χ3n) is 1.54. The van der Waals surface area contributed by atoms with E-state index >= 15 is 0 Å². The van der Waals surface area contributed by atoms with Gasteiger partial charge in [0.05, 0.1) is 25.9 Å². The average Bonchev–Trinajstić information content (AvgIpc) is 2.03. The molecule has 1 unspecified atom stereocenters. The van der Waals surface area contributed by atoms with E-state index in [1.165, 1.54) is 6.42 Å². The van der Waals surface area contributed by atoms with E-state index < -0.39 is 0 Å². The van der Waals surface area contributed by atoms with E-state index in [1.807, 2.05) is 0 Å². The van der Waals surface area contributed by atoms with Crippen LogP contribution in [0.25, 0.3) is 0 Å². The van der Waals surface area contributed by atoms with E-state index in [0.29, 0.717) is 6.10 Å². The molecule has 10 heavy (non-hydrogen) atoms. The normalized spacial score (nSPS) is 26.7. The molecule has 1 atom stereocenters. The summed E-state index contributed by atoms with van der Waals surface area (Å²) in [5, 5.41) is 1.06. The van der Waals surface area contributed by atoms with Gasteiger partial charge in [0.1, 0.15) is 0 Å². The van der Waals surface area contributed by atoms with Crippen molar-refractivity contribution in [3.8, 4) is 0 Å². The van der Waals surface area contributed by atoms with Gasteiger partial charge in [-0.15, -0.1) is 0 Å². The van der Waals surface area contributed by atoms with Crippen LogP contribution in [0.15, 0.2) is 0 Å². The van der Waals surface area contributed by atoms with Crippen molar-refractivity contribution in [3.63, 3.8) is 0 Å². The van der Waals surface area contributed by atoms with Crippen LogP contribution in [0.4, 0.5) is 0 Å². The van der Waals surface area contributed by atoms with Crippen LogP contribution in [0.2, 0.25) is 0 Å². The Bertz CT molecular complexity index is 81.7. The minimum atomic E-state index is 0.353. The Kier molecular flexibility index (Phi) is 4.34. The summed E-state index contributed by atoms with van der Waals surface area (Å²) in [5.74, 6) is 0. The van der Waals surface area contributed by atoms with Crippen molar-refractivity contribution >= 4 is 15.9 Å². The molecule has 0 aromatic heterocycles. The van der Waals surface area contributed by atoms with Crippen LogP contribution in [0, 0.1) is 0 Å². The number of rotatable bonds is 3. The predicted octanol–water partition coefficient (Wildman–Crippen LogP) is 1.58. The fourth-order valence-electron chi connectivity index (χ4n) is 1.01. The number of hydrogen-bond acceptors (Lipinski definition) is 2. The fourth-order valence-corrected chi connectivity index (χ4v) is 1.33. The Labute approximate surface area is 70.0 Å². The van der Waals surface area contributed by atoms with Gasteiger partial charge in [-0.25, -0.2) is 0 Å². The molecule has 3 heteroatoms. The quantitative estimate of drug-likeness (QED) is 0.657. The second kappa shape index (κ2) is 5.10. The van der Waals surface area contributed by atoms with E-state index in [1.54, 1.807) is 0 Å². The molecule has 0 bridgehead atoms. The minimum Gasteiger partial charge on any atom is -0.376 e. The predicted molar refractivity (Wildman–Crippen MR) is 43.6 cm³/mol. The molecule has 0 aromatic carbocycles. The first kappa shape index (κ1) is 8.50. The second-order valence-corrected chi connectivity index (χ2v) is 3.19. The average molecular weight is 209 g/mol. The zero-order valence-electron chi connectivity index (χ0n) is 6.01. The van der Waals surface area contributed by atoms with Crippen LogP contribution in [0.5, 0.6) is 0 Å². The van der Waals surface area contributed by atoms with Crippen LogP contribution in [-0.4, -0.2) is 31.3 Å². The topological polar surface area (TPSA) is 18.5 Å². The summed E-state index contributed by atoms with van der Waals surface area (Å²) in [7, 11) is 0. The van der Waals surface area contributed by atoms with Gasteiger partial charge in [-0.2, -0.15) is 0 Å². The number of halogens is 1. The smallest absolute Gasteiger partial charge is 0.0810 e. The molecule has 0 spiro atoms. The SMILES string of the molecule is BrCCCC1COCCO1. The van der Waals surface area contributed by atoms with Gasteiger partial charge >= 0.3 is 0 Å². The maximum atomic E-state index is 5.43. The first-order valence-electron chi connectivity index (χ1n) is 3.69. The minimum absolute atomic E-state index is 0.353. The van der Waals surface area contributed by atoms with Crippen molar-refractivity contribution in [2.75, 3.05) is 25.2 Å². The Morgan fingerprint density at radius 1 is 1.40 bits per heavy atom. The third-order valence-corrected chi connectivity index (χ3v) is 2.11. The van der Waals surface area contributed by atoms with E-state index in [0.717, 1.165) is 31.6 Å². The van der Waals surface area contributed by atoms with Gasteiger partial charge in [0.25, 0.3) is 0 Å². The molecule has 0 N–H and O–H groups in total. The van der Waals surface area contributed by atoms with Crippen LogP contribution in [-0.2, 0) is 9.47 Å². The first-order chi connectivity index (χ1) is 4.93. The first-order valence-corrected chi connectivity index (χ1v) is 4.81. The summed E-state index contributed by atoms with van der Waals surface area (Å²) in [4.78, 5) is 0. The molecule has 1 aliphatic rings. The molecule has 60 valence electrons. The zero-order valence-corrected chi connectivity index (χ0v) is 7.60. The molecular weight excluding hydrogens is 196 g/mol. The monoisotopic (exact) mass is 208 g/mol. The maximum Gasteiger partial charge on any atom is 0.0810 e. The summed E-state index contributed by atoms with van der Waals surface area (Å²) in [6.45, 7) is 2.32. The maximum absolute atomic E-state index is 5.43. The molecular formula is C7H13BrO2. The zero-order chi connectivity index (χ0) is 7.23. The Hall–Kier alpha value is 0.400. The van der Waals surface area contributed by atoms with Crippen LogP contribution in [0.1, 0.15) is 12.8 Å². The van der Waals surface area contributed by atoms with Gasteiger partial charge in [0.15, 0.2) is 0 Å². The molecule has 0 amide bonds. The molecule has 2 nitrogen and oxygen atoms in total. The summed E-state index contributed by atoms with van der Waals surface area (Å²) in [5.41, 5.74) is 0. The highest BCUT2D eigenvalue weighted by Gasteiger charge is 2.12. The molecule has 1 heterocycles. The van der Waals surface area contributed by atoms with E-state index in [9.17, 15) is 0 Å². The third kappa shape index (κ3) is 2.99. The summed E-state index contributed by atoms with van der Waals surface area (Å²) in [6.07, 6.45) is 2.64. The van der Waals surface area contributed by atoms with Crippen molar-refractivity contribution in [1.82, 2.24) is 0 Å². The number of alkyl halides is 1. The van der Waals surface area contributed by atoms with E-state index in [2.05, 4.69) is 15.9 Å². The van der Waals surface area contributed by atoms with Crippen LogP contribution < -0.4 is 0 Å². The van der Waals surface area contributed by atoms with Crippen molar-refractivity contribution in [3.05, 3.63) is 0 Å². The Morgan fingerprint density at radius 2 is 2.30 bits per heavy atom. The summed E-state index contributed by atoms with van der Waals surface area (Å²) < 4.78 is 10.7. The van der Waals surface area contributed by atoms with E-state index in [4.69, 9.17) is 9.47 Å². The lowest BCUT2D eigenvalue weighted by Crippen LogP contribution is -2.28. The molecule has 0 radical (unpaired) electrons. The highest BCUT2D eigenvalue weighted by atomic mass is 79.9. The Balaban J connectivity index is 2.02.